The van der Waals surface area contributed by atoms with Gasteiger partial charge in [0.15, 0.2) is 27.8 Å². The Labute approximate surface area is 301 Å². The van der Waals surface area contributed by atoms with Crippen LogP contribution in [0.15, 0.2) is 37.0 Å². The maximum absolute atomic E-state index is 10.1. The smallest absolute Gasteiger partial charge is 0.224 e. The zero-order chi connectivity index (χ0) is 36.7. The Kier molecular flexibility index (Phi) is 10.5. The van der Waals surface area contributed by atoms with E-state index in [2.05, 4.69) is 46.2 Å². The minimum Gasteiger partial charge on any atom is -0.396 e. The molecule has 16 nitrogen and oxygen atoms in total. The van der Waals surface area contributed by atoms with Gasteiger partial charge in [0.2, 0.25) is 11.9 Å². The third-order valence-electron chi connectivity index (χ3n) is 10.3. The molecule has 4 atom stereocenters. The molecule has 0 aromatic carbocycles. The Balaban J connectivity index is 0.000000150. The molecule has 4 aromatic rings. The largest absolute Gasteiger partial charge is 0.396 e. The minimum absolute atomic E-state index is 0.116. The van der Waals surface area contributed by atoms with Crippen molar-refractivity contribution < 1.29 is 20.4 Å². The number of nitrogens with zero attached hydrogens (tertiary/aromatic N) is 9. The number of nitrogen functional groups attached to an aromatic ring is 2. The van der Waals surface area contributed by atoms with E-state index in [0.717, 1.165) is 50.4 Å². The highest BCUT2D eigenvalue weighted by Crippen LogP contribution is 2.36. The predicted molar refractivity (Wildman–Crippen MR) is 196 cm³/mol. The van der Waals surface area contributed by atoms with Crippen LogP contribution in [0.3, 0.4) is 0 Å². The quantitative estimate of drug-likeness (QED) is 0.107. The molecule has 0 amide bonds. The number of hydrogen-bond donors (Lipinski definition) is 7. The number of imidazole rings is 2. The van der Waals surface area contributed by atoms with Crippen molar-refractivity contribution in [1.82, 2.24) is 44.4 Å². The number of aromatic nitrogens is 8. The molecule has 2 saturated heterocycles. The standard InChI is InChI=1S/C17H24N6O2.C11H12ClN5O.C6H13NO/c1-17(2,25)11-6-22(7-11)14-13-15(21-16(18)20-14)23(9-19-13)12-4-3-10(5-12)8-24;12-9-8-10(16-11(13)15-9)17(5-14-8)7-2-1-6(3-7)4-18;1-6(2,8)5-3-7-4-5/h3-4,9-12,24-25H,5-8H2,1-2H3,(H2,18,20,21);1-2,5-7,18H,3-4H2,(H2,13,15,16);5,7-8H,3-4H2,1-2H3/t10-,12+;6-,7+;/m11./s1. The van der Waals surface area contributed by atoms with E-state index in [0.29, 0.717) is 22.7 Å². The molecule has 276 valence electrons. The van der Waals surface area contributed by atoms with Gasteiger partial charge in [-0.2, -0.15) is 19.9 Å². The number of hydrogen-bond acceptors (Lipinski definition) is 14. The summed E-state index contributed by atoms with van der Waals surface area (Å²) >= 11 is 5.97. The molecule has 2 aliphatic heterocycles. The van der Waals surface area contributed by atoms with Crippen LogP contribution in [0.25, 0.3) is 22.3 Å². The van der Waals surface area contributed by atoms with Gasteiger partial charge in [0.25, 0.3) is 0 Å². The van der Waals surface area contributed by atoms with Crippen LogP contribution in [-0.4, -0.2) is 110 Å². The first-order valence-corrected chi connectivity index (χ1v) is 17.7. The van der Waals surface area contributed by atoms with E-state index >= 15 is 0 Å². The van der Waals surface area contributed by atoms with Crippen molar-refractivity contribution in [1.29, 1.82) is 0 Å². The average molecular weight is 725 g/mol. The molecule has 17 heteroatoms. The Morgan fingerprint density at radius 3 is 1.67 bits per heavy atom. The molecule has 2 fully saturated rings. The van der Waals surface area contributed by atoms with E-state index in [1.54, 1.807) is 12.7 Å². The molecule has 51 heavy (non-hydrogen) atoms. The molecule has 0 spiro atoms. The Morgan fingerprint density at radius 1 is 0.745 bits per heavy atom. The summed E-state index contributed by atoms with van der Waals surface area (Å²) in [6, 6.07) is 0.238. The number of aliphatic hydroxyl groups is 4. The molecule has 4 aliphatic rings. The molecule has 8 rings (SSSR count). The van der Waals surface area contributed by atoms with Crippen molar-refractivity contribution in [2.75, 3.05) is 55.8 Å². The van der Waals surface area contributed by atoms with Gasteiger partial charge in [-0.3, -0.25) is 0 Å². The van der Waals surface area contributed by atoms with Crippen molar-refractivity contribution >= 4 is 51.6 Å². The number of allylic oxidation sites excluding steroid dienone is 2. The zero-order valence-corrected chi connectivity index (χ0v) is 30.2. The van der Waals surface area contributed by atoms with Crippen molar-refractivity contribution in [3.8, 4) is 0 Å². The maximum atomic E-state index is 10.1. The van der Waals surface area contributed by atoms with Crippen LogP contribution >= 0.6 is 11.6 Å². The third kappa shape index (κ3) is 7.95. The summed E-state index contributed by atoms with van der Waals surface area (Å²) < 4.78 is 3.90. The number of rotatable bonds is 7. The second kappa shape index (κ2) is 14.6. The summed E-state index contributed by atoms with van der Waals surface area (Å²) in [6.45, 7) is 11.1. The van der Waals surface area contributed by atoms with E-state index in [9.17, 15) is 15.3 Å². The van der Waals surface area contributed by atoms with Crippen molar-refractivity contribution in [2.45, 2.75) is 63.8 Å². The topological polar surface area (TPSA) is 235 Å². The monoisotopic (exact) mass is 724 g/mol. The number of nitrogens with two attached hydrogens (primary N) is 2. The molecular formula is C34H49ClN12O4. The van der Waals surface area contributed by atoms with Gasteiger partial charge in [-0.1, -0.05) is 35.9 Å². The Bertz CT molecular complexity index is 1890. The van der Waals surface area contributed by atoms with Gasteiger partial charge in [-0.05, 0) is 40.5 Å². The molecule has 4 aromatic heterocycles. The van der Waals surface area contributed by atoms with E-state index in [-0.39, 0.29) is 60.1 Å². The van der Waals surface area contributed by atoms with Crippen LogP contribution < -0.4 is 21.7 Å². The van der Waals surface area contributed by atoms with Crippen LogP contribution in [0, 0.1) is 23.7 Å². The van der Waals surface area contributed by atoms with Crippen molar-refractivity contribution in [3.05, 3.63) is 42.1 Å². The summed E-state index contributed by atoms with van der Waals surface area (Å²) in [5.41, 5.74) is 13.0. The first-order valence-electron chi connectivity index (χ1n) is 17.3. The summed E-state index contributed by atoms with van der Waals surface area (Å²) in [4.78, 5) is 27.7. The van der Waals surface area contributed by atoms with Crippen LogP contribution in [0.2, 0.25) is 5.15 Å². The van der Waals surface area contributed by atoms with Crippen molar-refractivity contribution in [2.24, 2.45) is 23.7 Å². The average Bonchev–Trinajstić information content (AvgIpc) is 3.80. The highest BCUT2D eigenvalue weighted by Gasteiger charge is 2.39. The molecular weight excluding hydrogens is 676 g/mol. The highest BCUT2D eigenvalue weighted by molar-refractivity contribution is 6.33. The minimum atomic E-state index is -0.707. The van der Waals surface area contributed by atoms with E-state index in [1.165, 1.54) is 0 Å². The van der Waals surface area contributed by atoms with Gasteiger partial charge in [0.05, 0.1) is 35.9 Å². The summed E-state index contributed by atoms with van der Waals surface area (Å²) in [5, 5.41) is 41.3. The first kappa shape index (κ1) is 36.8. The highest BCUT2D eigenvalue weighted by atomic mass is 35.5. The number of aliphatic hydroxyl groups excluding tert-OH is 2. The van der Waals surface area contributed by atoms with Gasteiger partial charge < -0.3 is 51.2 Å². The Hall–Kier alpha value is -3.93. The normalized spacial score (nSPS) is 23.6. The molecule has 0 saturated carbocycles. The lowest BCUT2D eigenvalue weighted by molar-refractivity contribution is -0.00584. The van der Waals surface area contributed by atoms with Crippen LogP contribution in [0.5, 0.6) is 0 Å². The third-order valence-corrected chi connectivity index (χ3v) is 10.5. The fourth-order valence-electron chi connectivity index (χ4n) is 6.60. The van der Waals surface area contributed by atoms with Gasteiger partial charge in [-0.25, -0.2) is 9.97 Å². The number of nitrogens with one attached hydrogen (secondary N) is 1. The summed E-state index contributed by atoms with van der Waals surface area (Å²) in [7, 11) is 0. The molecule has 0 unspecified atom stereocenters. The fourth-order valence-corrected chi connectivity index (χ4v) is 6.82. The van der Waals surface area contributed by atoms with Gasteiger partial charge in [0.1, 0.15) is 5.52 Å². The lowest BCUT2D eigenvalue weighted by Gasteiger charge is -2.45. The van der Waals surface area contributed by atoms with Gasteiger partial charge in [-0.15, -0.1) is 0 Å². The summed E-state index contributed by atoms with van der Waals surface area (Å²) in [6.07, 6.45) is 13.2. The van der Waals surface area contributed by atoms with Crippen LogP contribution in [0.4, 0.5) is 17.7 Å². The van der Waals surface area contributed by atoms with Crippen LogP contribution in [0.1, 0.15) is 52.6 Å². The number of halogens is 1. The van der Waals surface area contributed by atoms with Gasteiger partial charge >= 0.3 is 0 Å². The van der Waals surface area contributed by atoms with Crippen molar-refractivity contribution in [3.63, 3.8) is 0 Å². The zero-order valence-electron chi connectivity index (χ0n) is 29.4. The Morgan fingerprint density at radius 2 is 1.24 bits per heavy atom. The second-order valence-electron chi connectivity index (χ2n) is 15.0. The van der Waals surface area contributed by atoms with E-state index < -0.39 is 11.2 Å². The summed E-state index contributed by atoms with van der Waals surface area (Å²) in [5.74, 6) is 2.10. The number of anilines is 3. The molecule has 9 N–H and O–H groups in total. The van der Waals surface area contributed by atoms with E-state index in [1.807, 2.05) is 55.1 Å². The lowest BCUT2D eigenvalue weighted by Crippen LogP contribution is -2.56. The maximum Gasteiger partial charge on any atom is 0.224 e. The SMILES string of the molecule is CC(C)(O)C1CN(c2nc(N)nc3c2ncn3[C@H]2C=C[C@@H](CO)C2)C1.CC(C)(O)C1CNC1.Nc1nc(Cl)c2ncn([C@H]3C=C[C@@H](CO)C3)c2n1. The molecule has 6 heterocycles. The molecule has 0 bridgehead atoms. The van der Waals surface area contributed by atoms with E-state index in [4.69, 9.17) is 28.2 Å². The second-order valence-corrected chi connectivity index (χ2v) is 15.3. The number of fused-ring (bicyclic) bond motifs is 2. The fraction of sp³-hybridized carbons (Fsp3) is 0.588. The first-order chi connectivity index (χ1) is 24.2. The molecule has 0 radical (unpaired) electrons. The van der Waals surface area contributed by atoms with Gasteiger partial charge in [0, 0.05) is 63.1 Å². The van der Waals surface area contributed by atoms with Crippen LogP contribution in [-0.2, 0) is 0 Å². The molecule has 2 aliphatic carbocycles. The predicted octanol–water partition coefficient (Wildman–Crippen LogP) is 1.87. The lowest BCUT2D eigenvalue weighted by atomic mass is 9.84.